The van der Waals surface area contributed by atoms with E-state index in [4.69, 9.17) is 4.74 Å². The van der Waals surface area contributed by atoms with Crippen LogP contribution in [-0.2, 0) is 5.41 Å². The highest BCUT2D eigenvalue weighted by atomic mass is 16.5. The van der Waals surface area contributed by atoms with Gasteiger partial charge < -0.3 is 15.0 Å². The van der Waals surface area contributed by atoms with Gasteiger partial charge in [-0.1, -0.05) is 35.9 Å². The molecule has 2 aliphatic rings. The summed E-state index contributed by atoms with van der Waals surface area (Å²) < 4.78 is 5.85. The summed E-state index contributed by atoms with van der Waals surface area (Å²) in [6.45, 7) is 4.99. The van der Waals surface area contributed by atoms with E-state index in [0.717, 1.165) is 55.3 Å². The number of rotatable bonds is 3. The number of likely N-dealkylation sites (tertiary alicyclic amines) is 1. The second kappa shape index (κ2) is 8.32. The SMILES string of the molecule is Cc1ccc2c(c1)C1(CCN(C)CC1)CN2C(=O)Nc1ccc(Oc2ccccc2)cc1. The predicted molar refractivity (Wildman–Crippen MR) is 129 cm³/mol. The normalized spacial score (nSPS) is 17.2. The van der Waals surface area contributed by atoms with E-state index in [1.54, 1.807) is 0 Å². The van der Waals surface area contributed by atoms with Crippen LogP contribution in [0.15, 0.2) is 72.8 Å². The molecule has 1 spiro atoms. The average molecular weight is 428 g/mol. The lowest BCUT2D eigenvalue weighted by Gasteiger charge is -2.38. The van der Waals surface area contributed by atoms with Crippen LogP contribution in [0.1, 0.15) is 24.0 Å². The van der Waals surface area contributed by atoms with Gasteiger partial charge in [-0.3, -0.25) is 4.90 Å². The number of ether oxygens (including phenoxy) is 1. The number of nitrogens with one attached hydrogen (secondary N) is 1. The van der Waals surface area contributed by atoms with Crippen molar-refractivity contribution in [3.63, 3.8) is 0 Å². The number of fused-ring (bicyclic) bond motifs is 2. The minimum Gasteiger partial charge on any atom is -0.457 e. The fraction of sp³-hybridized carbons (Fsp3) is 0.296. The smallest absolute Gasteiger partial charge is 0.326 e. The van der Waals surface area contributed by atoms with Gasteiger partial charge in [0.15, 0.2) is 0 Å². The first-order valence-electron chi connectivity index (χ1n) is 11.2. The van der Waals surface area contributed by atoms with Crippen LogP contribution in [0.4, 0.5) is 16.2 Å². The predicted octanol–water partition coefficient (Wildman–Crippen LogP) is 5.80. The van der Waals surface area contributed by atoms with Gasteiger partial charge in [0.05, 0.1) is 0 Å². The van der Waals surface area contributed by atoms with Crippen molar-refractivity contribution in [3.8, 4) is 11.5 Å². The first-order valence-corrected chi connectivity index (χ1v) is 11.2. The van der Waals surface area contributed by atoms with Crippen molar-refractivity contribution in [2.45, 2.75) is 25.2 Å². The molecule has 3 aromatic carbocycles. The quantitative estimate of drug-likeness (QED) is 0.574. The van der Waals surface area contributed by atoms with Crippen molar-refractivity contribution in [2.75, 3.05) is 36.9 Å². The summed E-state index contributed by atoms with van der Waals surface area (Å²) in [5, 5.41) is 3.08. The van der Waals surface area contributed by atoms with Crippen molar-refractivity contribution < 1.29 is 9.53 Å². The number of para-hydroxylation sites is 1. The molecule has 164 valence electrons. The van der Waals surface area contributed by atoms with E-state index in [1.165, 1.54) is 11.1 Å². The number of hydrogen-bond acceptors (Lipinski definition) is 3. The van der Waals surface area contributed by atoms with Gasteiger partial charge in [0.25, 0.3) is 0 Å². The topological polar surface area (TPSA) is 44.8 Å². The van der Waals surface area contributed by atoms with Gasteiger partial charge in [0.2, 0.25) is 0 Å². The molecule has 0 radical (unpaired) electrons. The number of benzene rings is 3. The van der Waals surface area contributed by atoms with Crippen molar-refractivity contribution in [3.05, 3.63) is 83.9 Å². The molecule has 1 saturated heterocycles. The number of anilines is 2. The zero-order valence-corrected chi connectivity index (χ0v) is 18.7. The first-order chi connectivity index (χ1) is 15.5. The van der Waals surface area contributed by atoms with Crippen LogP contribution in [0, 0.1) is 6.92 Å². The van der Waals surface area contributed by atoms with Crippen LogP contribution in [-0.4, -0.2) is 37.6 Å². The van der Waals surface area contributed by atoms with Gasteiger partial charge in [-0.2, -0.15) is 0 Å². The summed E-state index contributed by atoms with van der Waals surface area (Å²) in [5.41, 5.74) is 4.43. The molecule has 0 unspecified atom stereocenters. The maximum Gasteiger partial charge on any atom is 0.326 e. The van der Waals surface area contributed by atoms with Crippen molar-refractivity contribution in [2.24, 2.45) is 0 Å². The number of nitrogens with zero attached hydrogens (tertiary/aromatic N) is 2. The lowest BCUT2D eigenvalue weighted by Crippen LogP contribution is -2.45. The Morgan fingerprint density at radius 3 is 2.34 bits per heavy atom. The molecule has 0 atom stereocenters. The Balaban J connectivity index is 1.32. The maximum atomic E-state index is 13.3. The van der Waals surface area contributed by atoms with Crippen LogP contribution in [0.3, 0.4) is 0 Å². The third kappa shape index (κ3) is 3.96. The largest absolute Gasteiger partial charge is 0.457 e. The number of amides is 2. The minimum atomic E-state index is -0.0809. The maximum absolute atomic E-state index is 13.3. The number of aryl methyl sites for hydroxylation is 1. The van der Waals surface area contributed by atoms with Crippen molar-refractivity contribution >= 4 is 17.4 Å². The van der Waals surface area contributed by atoms with Gasteiger partial charge in [0.1, 0.15) is 11.5 Å². The van der Waals surface area contributed by atoms with E-state index in [9.17, 15) is 4.79 Å². The Morgan fingerprint density at radius 2 is 1.62 bits per heavy atom. The molecule has 32 heavy (non-hydrogen) atoms. The molecule has 1 fully saturated rings. The minimum absolute atomic E-state index is 0.0542. The Kier molecular flexibility index (Phi) is 5.35. The number of piperidine rings is 1. The van der Waals surface area contributed by atoms with E-state index in [0.29, 0.717) is 0 Å². The fourth-order valence-corrected chi connectivity index (χ4v) is 4.86. The van der Waals surface area contributed by atoms with E-state index in [1.807, 2.05) is 59.5 Å². The Bertz CT molecular complexity index is 1100. The molecular weight excluding hydrogens is 398 g/mol. The highest BCUT2D eigenvalue weighted by Crippen LogP contribution is 2.47. The lowest BCUT2D eigenvalue weighted by atomic mass is 9.74. The second-order valence-electron chi connectivity index (χ2n) is 9.06. The first kappa shape index (κ1) is 20.6. The number of carbonyl (C=O) groups excluding carboxylic acids is 1. The monoisotopic (exact) mass is 427 g/mol. The molecule has 5 nitrogen and oxygen atoms in total. The standard InChI is InChI=1S/C27H29N3O2/c1-20-8-13-25-24(18-20)27(14-16-29(2)17-15-27)19-30(25)26(31)28-21-9-11-23(12-10-21)32-22-6-4-3-5-7-22/h3-13,18H,14-17,19H2,1-2H3,(H,28,31). The summed E-state index contributed by atoms with van der Waals surface area (Å²) in [5.74, 6) is 1.53. The van der Waals surface area contributed by atoms with Gasteiger partial charge in [0, 0.05) is 23.3 Å². The summed E-state index contributed by atoms with van der Waals surface area (Å²) in [6.07, 6.45) is 2.16. The summed E-state index contributed by atoms with van der Waals surface area (Å²) in [6, 6.07) is 23.6. The Labute approximate surface area is 189 Å². The third-order valence-electron chi connectivity index (χ3n) is 6.75. The van der Waals surface area contributed by atoms with Gasteiger partial charge in [-0.25, -0.2) is 4.79 Å². The van der Waals surface area contributed by atoms with E-state index in [-0.39, 0.29) is 11.4 Å². The molecule has 2 heterocycles. The second-order valence-corrected chi connectivity index (χ2v) is 9.06. The van der Waals surface area contributed by atoms with Crippen LogP contribution >= 0.6 is 0 Å². The Hall–Kier alpha value is -3.31. The molecule has 5 rings (SSSR count). The zero-order chi connectivity index (χ0) is 22.1. The summed E-state index contributed by atoms with van der Waals surface area (Å²) in [4.78, 5) is 17.6. The molecule has 0 aromatic heterocycles. The molecule has 1 N–H and O–H groups in total. The molecule has 0 bridgehead atoms. The highest BCUT2D eigenvalue weighted by molar-refractivity contribution is 6.03. The molecule has 2 amide bonds. The van der Waals surface area contributed by atoms with Crippen LogP contribution in [0.5, 0.6) is 11.5 Å². The summed E-state index contributed by atoms with van der Waals surface area (Å²) in [7, 11) is 2.18. The van der Waals surface area contributed by atoms with Crippen molar-refractivity contribution in [1.29, 1.82) is 0 Å². The van der Waals surface area contributed by atoms with Gasteiger partial charge >= 0.3 is 6.03 Å². The molecule has 2 aliphatic heterocycles. The van der Waals surface area contributed by atoms with Crippen molar-refractivity contribution in [1.82, 2.24) is 4.90 Å². The molecule has 0 aliphatic carbocycles. The summed E-state index contributed by atoms with van der Waals surface area (Å²) >= 11 is 0. The third-order valence-corrected chi connectivity index (χ3v) is 6.75. The Morgan fingerprint density at radius 1 is 0.938 bits per heavy atom. The van der Waals surface area contributed by atoms with Gasteiger partial charge in [-0.15, -0.1) is 0 Å². The van der Waals surface area contributed by atoms with E-state index in [2.05, 4.69) is 42.4 Å². The molecule has 5 heteroatoms. The highest BCUT2D eigenvalue weighted by Gasteiger charge is 2.46. The average Bonchev–Trinajstić information content (AvgIpc) is 3.11. The lowest BCUT2D eigenvalue weighted by molar-refractivity contribution is 0.196. The molecule has 3 aromatic rings. The molecular formula is C27H29N3O2. The number of carbonyl (C=O) groups is 1. The van der Waals surface area contributed by atoms with Crippen LogP contribution in [0.25, 0.3) is 0 Å². The fourth-order valence-electron chi connectivity index (χ4n) is 4.86. The van der Waals surface area contributed by atoms with Crippen LogP contribution < -0.4 is 15.0 Å². The van der Waals surface area contributed by atoms with Crippen LogP contribution in [0.2, 0.25) is 0 Å². The van der Waals surface area contributed by atoms with E-state index >= 15 is 0 Å². The zero-order valence-electron chi connectivity index (χ0n) is 18.7. The van der Waals surface area contributed by atoms with Gasteiger partial charge in [-0.05, 0) is 87.9 Å². The van der Waals surface area contributed by atoms with E-state index < -0.39 is 0 Å². The number of urea groups is 1. The molecule has 0 saturated carbocycles. The number of hydrogen-bond donors (Lipinski definition) is 1.